The summed E-state index contributed by atoms with van der Waals surface area (Å²) in [4.78, 5) is 13.9. The number of alkyl halides is 3. The van der Waals surface area contributed by atoms with E-state index in [1.165, 1.54) is 0 Å². The molecular formula is C15H17F3N2O. The molecule has 0 aromatic heterocycles. The Hall–Kier alpha value is -1.56. The number of rotatable bonds is 2. The minimum absolute atomic E-state index is 0.143. The van der Waals surface area contributed by atoms with E-state index in [-0.39, 0.29) is 11.6 Å². The van der Waals surface area contributed by atoms with E-state index in [1.54, 1.807) is 11.0 Å². The van der Waals surface area contributed by atoms with Crippen molar-refractivity contribution in [1.82, 2.24) is 10.2 Å². The Labute approximate surface area is 121 Å². The van der Waals surface area contributed by atoms with Crippen LogP contribution in [0.2, 0.25) is 0 Å². The van der Waals surface area contributed by atoms with E-state index in [4.69, 9.17) is 0 Å². The molecule has 0 spiro atoms. The lowest BCUT2D eigenvalue weighted by atomic mass is 9.94. The third-order valence-electron chi connectivity index (χ3n) is 4.15. The molecule has 1 aromatic rings. The Balaban J connectivity index is 2.17. The van der Waals surface area contributed by atoms with Gasteiger partial charge in [-0.25, -0.2) is 0 Å². The van der Waals surface area contributed by atoms with Crippen molar-refractivity contribution < 1.29 is 18.0 Å². The van der Waals surface area contributed by atoms with E-state index in [2.05, 4.69) is 5.32 Å². The van der Waals surface area contributed by atoms with Crippen molar-refractivity contribution in [3.8, 4) is 0 Å². The van der Waals surface area contributed by atoms with Gasteiger partial charge in [0.1, 0.15) is 0 Å². The summed E-state index contributed by atoms with van der Waals surface area (Å²) in [6.45, 7) is 3.53. The number of aryl methyl sites for hydroxylation is 1. The summed E-state index contributed by atoms with van der Waals surface area (Å²) in [6, 6.07) is 2.66. The Morgan fingerprint density at radius 3 is 2.81 bits per heavy atom. The van der Waals surface area contributed by atoms with Crippen LogP contribution in [0.15, 0.2) is 12.1 Å². The number of hydrogen-bond acceptors (Lipinski definition) is 2. The molecule has 0 unspecified atom stereocenters. The van der Waals surface area contributed by atoms with Gasteiger partial charge in [-0.15, -0.1) is 0 Å². The van der Waals surface area contributed by atoms with Gasteiger partial charge in [-0.1, -0.05) is 19.4 Å². The molecule has 0 saturated carbocycles. The number of nitrogens with one attached hydrogen (secondary N) is 1. The molecule has 2 aliphatic rings. The Bertz CT molecular complexity index is 583. The predicted octanol–water partition coefficient (Wildman–Crippen LogP) is 2.76. The van der Waals surface area contributed by atoms with E-state index >= 15 is 0 Å². The summed E-state index contributed by atoms with van der Waals surface area (Å²) in [5.41, 5.74) is 0.271. The molecule has 6 heteroatoms. The van der Waals surface area contributed by atoms with Crippen LogP contribution in [0.4, 0.5) is 13.2 Å². The number of carbonyl (C=O) groups is 1. The fourth-order valence-corrected chi connectivity index (χ4v) is 3.25. The molecule has 3 rings (SSSR count). The average molecular weight is 298 g/mol. The normalized spacial score (nSPS) is 21.4. The van der Waals surface area contributed by atoms with Gasteiger partial charge in [0, 0.05) is 19.6 Å². The van der Waals surface area contributed by atoms with Crippen molar-refractivity contribution in [2.24, 2.45) is 0 Å². The number of carbonyl (C=O) groups excluding carboxylic acids is 1. The number of benzene rings is 1. The number of fused-ring (bicyclic) bond motifs is 3. The zero-order chi connectivity index (χ0) is 15.2. The molecule has 2 heterocycles. The highest BCUT2D eigenvalue weighted by molar-refractivity contribution is 6.01. The Morgan fingerprint density at radius 1 is 1.38 bits per heavy atom. The molecule has 1 aromatic carbocycles. The number of halogens is 3. The fourth-order valence-electron chi connectivity index (χ4n) is 3.25. The van der Waals surface area contributed by atoms with Crippen LogP contribution in [0, 0.1) is 0 Å². The zero-order valence-electron chi connectivity index (χ0n) is 11.8. The standard InChI is InChI=1S/C15H17F3N2O/c1-2-3-9-6-10-12-8-19-4-5-20(12)14(21)13(10)11(7-9)15(16,17)18/h6-7,12,19H,2-5,8H2,1H3/t12-/m0/s1. The van der Waals surface area contributed by atoms with Crippen molar-refractivity contribution in [3.05, 3.63) is 34.4 Å². The molecule has 1 atom stereocenters. The number of amides is 1. The second-order valence-corrected chi connectivity index (χ2v) is 5.57. The van der Waals surface area contributed by atoms with Gasteiger partial charge >= 0.3 is 6.18 Å². The minimum Gasteiger partial charge on any atom is -0.329 e. The lowest BCUT2D eigenvalue weighted by Crippen LogP contribution is -2.44. The van der Waals surface area contributed by atoms with E-state index in [0.29, 0.717) is 37.2 Å². The van der Waals surface area contributed by atoms with Crippen LogP contribution < -0.4 is 5.32 Å². The maximum atomic E-state index is 13.3. The van der Waals surface area contributed by atoms with Crippen LogP contribution in [-0.4, -0.2) is 30.4 Å². The first-order valence-electron chi connectivity index (χ1n) is 7.19. The summed E-state index contributed by atoms with van der Waals surface area (Å²) in [5, 5.41) is 3.15. The first-order chi connectivity index (χ1) is 9.93. The predicted molar refractivity (Wildman–Crippen MR) is 72.1 cm³/mol. The van der Waals surface area contributed by atoms with Crippen LogP contribution in [-0.2, 0) is 12.6 Å². The smallest absolute Gasteiger partial charge is 0.329 e. The third kappa shape index (κ3) is 2.31. The van der Waals surface area contributed by atoms with Crippen molar-refractivity contribution in [3.63, 3.8) is 0 Å². The zero-order valence-corrected chi connectivity index (χ0v) is 11.8. The summed E-state index contributed by atoms with van der Waals surface area (Å²) in [6.07, 6.45) is -3.13. The summed E-state index contributed by atoms with van der Waals surface area (Å²) >= 11 is 0. The highest BCUT2D eigenvalue weighted by atomic mass is 19.4. The Morgan fingerprint density at radius 2 is 2.14 bits per heavy atom. The first kappa shape index (κ1) is 14.4. The largest absolute Gasteiger partial charge is 0.417 e. The molecular weight excluding hydrogens is 281 g/mol. The highest BCUT2D eigenvalue weighted by Gasteiger charge is 2.45. The number of hydrogen-bond donors (Lipinski definition) is 1. The highest BCUT2D eigenvalue weighted by Crippen LogP contribution is 2.42. The van der Waals surface area contributed by atoms with Crippen LogP contribution >= 0.6 is 0 Å². The molecule has 21 heavy (non-hydrogen) atoms. The molecule has 1 N–H and O–H groups in total. The van der Waals surface area contributed by atoms with Gasteiger partial charge in [0.2, 0.25) is 0 Å². The third-order valence-corrected chi connectivity index (χ3v) is 4.15. The quantitative estimate of drug-likeness (QED) is 0.910. The average Bonchev–Trinajstić information content (AvgIpc) is 2.72. The molecule has 0 aliphatic carbocycles. The molecule has 1 fully saturated rings. The molecule has 2 aliphatic heterocycles. The molecule has 1 saturated heterocycles. The molecule has 114 valence electrons. The summed E-state index contributed by atoms with van der Waals surface area (Å²) in [7, 11) is 0. The van der Waals surface area contributed by atoms with Crippen molar-refractivity contribution in [2.45, 2.75) is 32.0 Å². The second kappa shape index (κ2) is 5.02. The molecule has 0 radical (unpaired) electrons. The second-order valence-electron chi connectivity index (χ2n) is 5.57. The van der Waals surface area contributed by atoms with E-state index in [9.17, 15) is 18.0 Å². The topological polar surface area (TPSA) is 32.3 Å². The van der Waals surface area contributed by atoms with Crippen molar-refractivity contribution in [2.75, 3.05) is 19.6 Å². The minimum atomic E-state index is -4.49. The first-order valence-corrected chi connectivity index (χ1v) is 7.19. The Kier molecular flexibility index (Phi) is 3.43. The molecule has 1 amide bonds. The van der Waals surface area contributed by atoms with Gasteiger partial charge in [0.15, 0.2) is 0 Å². The van der Waals surface area contributed by atoms with Gasteiger partial charge in [0.25, 0.3) is 5.91 Å². The van der Waals surface area contributed by atoms with E-state index < -0.39 is 17.6 Å². The molecule has 0 bridgehead atoms. The molecule has 3 nitrogen and oxygen atoms in total. The fraction of sp³-hybridized carbons (Fsp3) is 0.533. The van der Waals surface area contributed by atoms with Crippen LogP contribution in [0.5, 0.6) is 0 Å². The SMILES string of the molecule is CCCc1cc2c(c(C(F)(F)F)c1)C(=O)N1CCNC[C@@H]21. The number of piperazine rings is 1. The van der Waals surface area contributed by atoms with Gasteiger partial charge in [-0.3, -0.25) is 4.79 Å². The van der Waals surface area contributed by atoms with E-state index in [0.717, 1.165) is 12.5 Å². The number of nitrogens with zero attached hydrogens (tertiary/aromatic N) is 1. The monoisotopic (exact) mass is 298 g/mol. The van der Waals surface area contributed by atoms with Gasteiger partial charge in [-0.2, -0.15) is 13.2 Å². The van der Waals surface area contributed by atoms with Crippen LogP contribution in [0.25, 0.3) is 0 Å². The van der Waals surface area contributed by atoms with Gasteiger partial charge in [-0.05, 0) is 23.6 Å². The lowest BCUT2D eigenvalue weighted by molar-refractivity contribution is -0.138. The van der Waals surface area contributed by atoms with Gasteiger partial charge in [0.05, 0.1) is 17.2 Å². The summed E-state index contributed by atoms with van der Waals surface area (Å²) < 4.78 is 40.0. The maximum Gasteiger partial charge on any atom is 0.417 e. The van der Waals surface area contributed by atoms with Crippen LogP contribution in [0.3, 0.4) is 0 Å². The lowest BCUT2D eigenvalue weighted by Gasteiger charge is -2.30. The van der Waals surface area contributed by atoms with Gasteiger partial charge < -0.3 is 10.2 Å². The van der Waals surface area contributed by atoms with Crippen LogP contribution in [0.1, 0.15) is 46.4 Å². The van der Waals surface area contributed by atoms with Crippen molar-refractivity contribution >= 4 is 5.91 Å². The maximum absolute atomic E-state index is 13.3. The van der Waals surface area contributed by atoms with Crippen molar-refractivity contribution in [1.29, 1.82) is 0 Å². The summed E-state index contributed by atoms with van der Waals surface area (Å²) in [5.74, 6) is -0.480. The van der Waals surface area contributed by atoms with E-state index in [1.807, 2.05) is 6.92 Å².